The number of ether oxygens (including phenoxy) is 3. The van der Waals surface area contributed by atoms with E-state index in [1.807, 2.05) is 0 Å². The maximum atomic E-state index is 9.82. The first-order chi connectivity index (χ1) is 8.60. The summed E-state index contributed by atoms with van der Waals surface area (Å²) >= 11 is 0. The molecule has 0 amide bonds. The van der Waals surface area contributed by atoms with Gasteiger partial charge in [0.25, 0.3) is 0 Å². The lowest BCUT2D eigenvalue weighted by molar-refractivity contribution is -0.140. The standard InChI is InChI=1S/C6H14.C4H10O2.C4H8O2/c1-3-5-6-4-2;1-5-3-4-6-2;1-3-6-4(2)5/h3-6H2,1-2H3;3-4H2,1-2H3;3H2,1-2H3. The Kier molecular flexibility index (Phi) is 31.7. The Morgan fingerprint density at radius 1 is 0.889 bits per heavy atom. The molecule has 0 unspecified atom stereocenters. The van der Waals surface area contributed by atoms with Gasteiger partial charge in [0.15, 0.2) is 0 Å². The molecule has 0 aliphatic rings. The molecule has 0 N–H and O–H groups in total. The van der Waals surface area contributed by atoms with E-state index < -0.39 is 0 Å². The van der Waals surface area contributed by atoms with Crippen LogP contribution in [0.5, 0.6) is 0 Å². The molecule has 4 heteroatoms. The van der Waals surface area contributed by atoms with Crippen molar-refractivity contribution in [1.82, 2.24) is 0 Å². The van der Waals surface area contributed by atoms with E-state index in [2.05, 4.69) is 28.1 Å². The summed E-state index contributed by atoms with van der Waals surface area (Å²) in [5.41, 5.74) is 0. The summed E-state index contributed by atoms with van der Waals surface area (Å²) in [7, 11) is 3.30. The second kappa shape index (κ2) is 25.3. The summed E-state index contributed by atoms with van der Waals surface area (Å²) in [4.78, 5) is 9.82. The molecular weight excluding hydrogens is 232 g/mol. The lowest BCUT2D eigenvalue weighted by atomic mass is 10.2. The van der Waals surface area contributed by atoms with Crippen LogP contribution >= 0.6 is 0 Å². The topological polar surface area (TPSA) is 44.8 Å². The summed E-state index contributed by atoms with van der Waals surface area (Å²) in [5.74, 6) is -0.211. The minimum atomic E-state index is -0.211. The van der Waals surface area contributed by atoms with Gasteiger partial charge >= 0.3 is 5.97 Å². The predicted molar refractivity (Wildman–Crippen MR) is 75.9 cm³/mol. The molecule has 0 saturated heterocycles. The van der Waals surface area contributed by atoms with Gasteiger partial charge in [-0.1, -0.05) is 39.5 Å². The van der Waals surface area contributed by atoms with Crippen molar-refractivity contribution < 1.29 is 19.0 Å². The molecule has 0 aromatic carbocycles. The maximum absolute atomic E-state index is 9.82. The summed E-state index contributed by atoms with van der Waals surface area (Å²) < 4.78 is 13.7. The smallest absolute Gasteiger partial charge is 0.302 e. The number of unbranched alkanes of at least 4 members (excludes halogenated alkanes) is 3. The number of hydrogen-bond acceptors (Lipinski definition) is 4. The average Bonchev–Trinajstić information content (AvgIpc) is 2.35. The molecule has 4 nitrogen and oxygen atoms in total. The van der Waals surface area contributed by atoms with Crippen molar-refractivity contribution >= 4 is 5.97 Å². The van der Waals surface area contributed by atoms with E-state index in [4.69, 9.17) is 0 Å². The van der Waals surface area contributed by atoms with Gasteiger partial charge in [0, 0.05) is 21.1 Å². The van der Waals surface area contributed by atoms with Crippen molar-refractivity contribution in [1.29, 1.82) is 0 Å². The zero-order valence-corrected chi connectivity index (χ0v) is 13.1. The molecule has 0 saturated carbocycles. The molecular formula is C14H32O4. The van der Waals surface area contributed by atoms with Gasteiger partial charge < -0.3 is 14.2 Å². The number of methoxy groups -OCH3 is 2. The molecule has 0 radical (unpaired) electrons. The van der Waals surface area contributed by atoms with Gasteiger partial charge in [-0.2, -0.15) is 0 Å². The first-order valence-electron chi connectivity index (χ1n) is 6.71. The predicted octanol–water partition coefficient (Wildman–Crippen LogP) is 3.44. The van der Waals surface area contributed by atoms with Crippen LogP contribution in [-0.4, -0.2) is 40.0 Å². The van der Waals surface area contributed by atoms with E-state index in [9.17, 15) is 4.79 Å². The Bertz CT molecular complexity index is 122. The van der Waals surface area contributed by atoms with Crippen LogP contribution in [0, 0.1) is 0 Å². The second-order valence-corrected chi connectivity index (χ2v) is 3.62. The van der Waals surface area contributed by atoms with Crippen molar-refractivity contribution in [2.45, 2.75) is 53.4 Å². The Labute approximate surface area is 113 Å². The highest BCUT2D eigenvalue weighted by atomic mass is 16.5. The minimum absolute atomic E-state index is 0.211. The second-order valence-electron chi connectivity index (χ2n) is 3.62. The number of rotatable bonds is 7. The molecule has 0 aliphatic heterocycles. The molecule has 0 aromatic rings. The van der Waals surface area contributed by atoms with Gasteiger partial charge in [-0.15, -0.1) is 0 Å². The van der Waals surface area contributed by atoms with Gasteiger partial charge in [-0.05, 0) is 6.92 Å². The number of carbonyl (C=O) groups excluding carboxylic acids is 1. The number of esters is 1. The Morgan fingerprint density at radius 3 is 1.39 bits per heavy atom. The van der Waals surface area contributed by atoms with Crippen LogP contribution in [0.2, 0.25) is 0 Å². The fraction of sp³-hybridized carbons (Fsp3) is 0.929. The molecule has 0 rings (SSSR count). The third kappa shape index (κ3) is 45.3. The van der Waals surface area contributed by atoms with Gasteiger partial charge in [0.2, 0.25) is 0 Å². The number of hydrogen-bond donors (Lipinski definition) is 0. The summed E-state index contributed by atoms with van der Waals surface area (Å²) in [5, 5.41) is 0. The third-order valence-electron chi connectivity index (χ3n) is 1.80. The van der Waals surface area contributed by atoms with Crippen molar-refractivity contribution in [2.75, 3.05) is 34.0 Å². The monoisotopic (exact) mass is 264 g/mol. The fourth-order valence-corrected chi connectivity index (χ4v) is 0.870. The molecule has 18 heavy (non-hydrogen) atoms. The fourth-order valence-electron chi connectivity index (χ4n) is 0.870. The lowest BCUT2D eigenvalue weighted by Crippen LogP contribution is -1.96. The van der Waals surface area contributed by atoms with Crippen LogP contribution in [0.25, 0.3) is 0 Å². The summed E-state index contributed by atoms with van der Waals surface area (Å²) in [6.45, 7) is 9.50. The van der Waals surface area contributed by atoms with E-state index in [-0.39, 0.29) is 5.97 Å². The molecule has 0 spiro atoms. The van der Waals surface area contributed by atoms with Crippen LogP contribution in [0.15, 0.2) is 0 Å². The van der Waals surface area contributed by atoms with E-state index in [1.165, 1.54) is 32.6 Å². The molecule has 112 valence electrons. The summed E-state index contributed by atoms with van der Waals surface area (Å²) in [6, 6.07) is 0. The largest absolute Gasteiger partial charge is 0.466 e. The van der Waals surface area contributed by atoms with Gasteiger partial charge in [-0.25, -0.2) is 0 Å². The SMILES string of the molecule is CCCCCC.CCOC(C)=O.COCCOC. The first-order valence-corrected chi connectivity index (χ1v) is 6.71. The first kappa shape index (κ1) is 22.6. The summed E-state index contributed by atoms with van der Waals surface area (Å²) in [6.07, 6.45) is 5.54. The quantitative estimate of drug-likeness (QED) is 0.522. The molecule has 0 bridgehead atoms. The van der Waals surface area contributed by atoms with E-state index in [1.54, 1.807) is 21.1 Å². The van der Waals surface area contributed by atoms with Crippen LogP contribution in [0.4, 0.5) is 0 Å². The molecule has 0 heterocycles. The Balaban J connectivity index is -0.000000187. The van der Waals surface area contributed by atoms with Gasteiger partial charge in [0.1, 0.15) is 0 Å². The Hall–Kier alpha value is -0.610. The Morgan fingerprint density at radius 2 is 1.28 bits per heavy atom. The van der Waals surface area contributed by atoms with Gasteiger partial charge in [-0.3, -0.25) is 4.79 Å². The average molecular weight is 264 g/mol. The lowest BCUT2D eigenvalue weighted by Gasteiger charge is -1.91. The van der Waals surface area contributed by atoms with E-state index >= 15 is 0 Å². The van der Waals surface area contributed by atoms with E-state index in [0.717, 1.165) is 0 Å². The molecule has 0 aliphatic carbocycles. The molecule has 0 atom stereocenters. The normalized spacial score (nSPS) is 8.56. The molecule has 0 fully saturated rings. The van der Waals surface area contributed by atoms with Crippen LogP contribution in [0.3, 0.4) is 0 Å². The highest BCUT2D eigenvalue weighted by Gasteiger charge is 1.81. The van der Waals surface area contributed by atoms with Crippen molar-refractivity contribution in [3.05, 3.63) is 0 Å². The van der Waals surface area contributed by atoms with Crippen molar-refractivity contribution in [3.8, 4) is 0 Å². The van der Waals surface area contributed by atoms with Crippen molar-refractivity contribution in [3.63, 3.8) is 0 Å². The van der Waals surface area contributed by atoms with Crippen LogP contribution < -0.4 is 0 Å². The van der Waals surface area contributed by atoms with Crippen LogP contribution in [0.1, 0.15) is 53.4 Å². The third-order valence-corrected chi connectivity index (χ3v) is 1.80. The zero-order chi connectivity index (χ0) is 14.6. The zero-order valence-electron chi connectivity index (χ0n) is 13.1. The highest BCUT2D eigenvalue weighted by molar-refractivity contribution is 5.65. The number of carbonyl (C=O) groups is 1. The highest BCUT2D eigenvalue weighted by Crippen LogP contribution is 1.95. The maximum Gasteiger partial charge on any atom is 0.302 e. The van der Waals surface area contributed by atoms with Gasteiger partial charge in [0.05, 0.1) is 19.8 Å². The van der Waals surface area contributed by atoms with E-state index in [0.29, 0.717) is 19.8 Å². The molecule has 0 aromatic heterocycles. The minimum Gasteiger partial charge on any atom is -0.466 e. The van der Waals surface area contributed by atoms with Crippen LogP contribution in [-0.2, 0) is 19.0 Å². The van der Waals surface area contributed by atoms with Crippen molar-refractivity contribution in [2.24, 2.45) is 0 Å².